The standard InChI is InChI=1S/C12H27O5PSi/c1-7-15-11(13)10-12(19(4,5)6)18(14,16-8-2)17-9-3/h12H,7-10H2,1-6H3. The molecule has 7 heteroatoms. The minimum atomic E-state index is -3.27. The van der Waals surface area contributed by atoms with Crippen LogP contribution in [0, 0.1) is 0 Å². The van der Waals surface area contributed by atoms with Gasteiger partial charge in [-0.3, -0.25) is 9.36 Å². The first kappa shape index (κ1) is 18.8. The molecule has 1 unspecified atom stereocenters. The summed E-state index contributed by atoms with van der Waals surface area (Å²) in [4.78, 5) is 11.7. The second kappa shape index (κ2) is 8.20. The van der Waals surface area contributed by atoms with Crippen molar-refractivity contribution in [3.05, 3.63) is 0 Å². The zero-order valence-electron chi connectivity index (χ0n) is 12.9. The molecule has 0 N–H and O–H groups in total. The second-order valence-electron chi connectivity index (χ2n) is 5.27. The number of hydrogen-bond acceptors (Lipinski definition) is 5. The van der Waals surface area contributed by atoms with Crippen LogP contribution in [-0.4, -0.2) is 39.1 Å². The van der Waals surface area contributed by atoms with Gasteiger partial charge in [-0.25, -0.2) is 0 Å². The molecule has 0 aromatic heterocycles. The first-order chi connectivity index (χ1) is 8.71. The lowest BCUT2D eigenvalue weighted by Gasteiger charge is -2.33. The molecule has 0 saturated carbocycles. The van der Waals surface area contributed by atoms with E-state index in [1.165, 1.54) is 0 Å². The smallest absolute Gasteiger partial charge is 0.331 e. The highest BCUT2D eigenvalue weighted by Gasteiger charge is 2.45. The number of ether oxygens (including phenoxy) is 1. The third-order valence-corrected chi connectivity index (χ3v) is 10.3. The van der Waals surface area contributed by atoms with Crippen molar-refractivity contribution in [2.45, 2.75) is 52.1 Å². The Hall–Kier alpha value is -0.163. The average Bonchev–Trinajstić information content (AvgIpc) is 2.25. The lowest BCUT2D eigenvalue weighted by Crippen LogP contribution is -2.41. The third kappa shape index (κ3) is 6.21. The molecule has 1 atom stereocenters. The molecule has 0 saturated heterocycles. The van der Waals surface area contributed by atoms with Gasteiger partial charge < -0.3 is 13.8 Å². The van der Waals surface area contributed by atoms with Gasteiger partial charge in [0.2, 0.25) is 0 Å². The van der Waals surface area contributed by atoms with Crippen LogP contribution < -0.4 is 0 Å². The summed E-state index contributed by atoms with van der Waals surface area (Å²) in [6.45, 7) is 12.4. The average molecular weight is 310 g/mol. The molecule has 0 fully saturated rings. The molecule has 0 spiro atoms. The molecule has 5 nitrogen and oxygen atoms in total. The van der Waals surface area contributed by atoms with E-state index in [1.54, 1.807) is 20.8 Å². The summed E-state index contributed by atoms with van der Waals surface area (Å²) in [5, 5.41) is -0.376. The first-order valence-corrected chi connectivity index (χ1v) is 11.9. The van der Waals surface area contributed by atoms with Gasteiger partial charge >= 0.3 is 13.6 Å². The number of rotatable bonds is 9. The summed E-state index contributed by atoms with van der Waals surface area (Å²) in [6, 6.07) is 0. The minimum absolute atomic E-state index is 0.0981. The Balaban J connectivity index is 5.20. The Morgan fingerprint density at radius 2 is 1.53 bits per heavy atom. The maximum Gasteiger partial charge on any atom is 0.331 e. The number of carbonyl (C=O) groups excluding carboxylic acids is 1. The molecule has 0 bridgehead atoms. The lowest BCUT2D eigenvalue weighted by atomic mass is 10.5. The van der Waals surface area contributed by atoms with Crippen molar-refractivity contribution in [3.8, 4) is 0 Å². The molecule has 0 aromatic carbocycles. The molecule has 0 radical (unpaired) electrons. The maximum absolute atomic E-state index is 12.9. The monoisotopic (exact) mass is 310 g/mol. The van der Waals surface area contributed by atoms with Crippen molar-refractivity contribution in [1.82, 2.24) is 0 Å². The summed E-state index contributed by atoms with van der Waals surface area (Å²) in [5.74, 6) is -0.338. The van der Waals surface area contributed by atoms with Crippen molar-refractivity contribution >= 4 is 21.6 Å². The van der Waals surface area contributed by atoms with Gasteiger partial charge in [0.05, 0.1) is 39.6 Å². The quantitative estimate of drug-likeness (QED) is 0.371. The Morgan fingerprint density at radius 3 is 1.84 bits per heavy atom. The van der Waals surface area contributed by atoms with E-state index in [0.29, 0.717) is 19.8 Å². The topological polar surface area (TPSA) is 61.8 Å². The first-order valence-electron chi connectivity index (χ1n) is 6.75. The third-order valence-electron chi connectivity index (χ3n) is 2.66. The van der Waals surface area contributed by atoms with Crippen LogP contribution in [0.25, 0.3) is 0 Å². The fraction of sp³-hybridized carbons (Fsp3) is 0.917. The van der Waals surface area contributed by atoms with E-state index in [4.69, 9.17) is 13.8 Å². The highest BCUT2D eigenvalue weighted by atomic mass is 31.2. The Labute approximate surface area is 117 Å². The van der Waals surface area contributed by atoms with Gasteiger partial charge in [0.25, 0.3) is 0 Å². The highest BCUT2D eigenvalue weighted by Crippen LogP contribution is 2.57. The van der Waals surface area contributed by atoms with E-state index < -0.39 is 15.7 Å². The van der Waals surface area contributed by atoms with Crippen LogP contribution >= 0.6 is 7.60 Å². The van der Waals surface area contributed by atoms with Crippen LogP contribution in [0.2, 0.25) is 19.6 Å². The molecule has 0 aliphatic heterocycles. The molecule has 0 amide bonds. The Bertz CT molecular complexity index is 317. The van der Waals surface area contributed by atoms with Crippen LogP contribution in [0.15, 0.2) is 0 Å². The van der Waals surface area contributed by atoms with E-state index in [0.717, 1.165) is 0 Å². The maximum atomic E-state index is 12.9. The lowest BCUT2D eigenvalue weighted by molar-refractivity contribution is -0.142. The molecular formula is C12H27O5PSi. The number of hydrogen-bond donors (Lipinski definition) is 0. The predicted molar refractivity (Wildman–Crippen MR) is 79.2 cm³/mol. The van der Waals surface area contributed by atoms with Crippen LogP contribution in [-0.2, 0) is 23.1 Å². The summed E-state index contributed by atoms with van der Waals surface area (Å²) in [5.41, 5.74) is 0. The van der Waals surface area contributed by atoms with E-state index in [2.05, 4.69) is 19.6 Å². The molecule has 0 rings (SSSR count). The fourth-order valence-corrected chi connectivity index (χ4v) is 8.40. The number of esters is 1. The zero-order chi connectivity index (χ0) is 15.1. The van der Waals surface area contributed by atoms with Crippen molar-refractivity contribution in [1.29, 1.82) is 0 Å². The van der Waals surface area contributed by atoms with Gasteiger partial charge in [-0.15, -0.1) is 0 Å². The van der Waals surface area contributed by atoms with Crippen molar-refractivity contribution in [3.63, 3.8) is 0 Å². The van der Waals surface area contributed by atoms with Crippen LogP contribution in [0.1, 0.15) is 27.2 Å². The van der Waals surface area contributed by atoms with E-state index in [-0.39, 0.29) is 17.7 Å². The zero-order valence-corrected chi connectivity index (χ0v) is 14.8. The van der Waals surface area contributed by atoms with Gasteiger partial charge in [0.1, 0.15) is 0 Å². The van der Waals surface area contributed by atoms with Gasteiger partial charge in [-0.2, -0.15) is 0 Å². The summed E-state index contributed by atoms with van der Waals surface area (Å²) < 4.78 is 28.6. The highest BCUT2D eigenvalue weighted by molar-refractivity contribution is 7.58. The van der Waals surface area contributed by atoms with E-state index in [1.807, 2.05) is 0 Å². The summed E-state index contributed by atoms with van der Waals surface area (Å²) in [7, 11) is -5.17. The normalized spacial score (nSPS) is 14.2. The summed E-state index contributed by atoms with van der Waals surface area (Å²) in [6.07, 6.45) is 0.0981. The van der Waals surface area contributed by atoms with E-state index in [9.17, 15) is 9.36 Å². The molecule has 0 aromatic rings. The molecule has 114 valence electrons. The predicted octanol–water partition coefficient (Wildman–Crippen LogP) is 3.45. The minimum Gasteiger partial charge on any atom is -0.466 e. The van der Waals surface area contributed by atoms with Crippen LogP contribution in [0.4, 0.5) is 0 Å². The molecular weight excluding hydrogens is 283 g/mol. The molecule has 0 heterocycles. The van der Waals surface area contributed by atoms with Crippen molar-refractivity contribution in [2.75, 3.05) is 19.8 Å². The van der Waals surface area contributed by atoms with Gasteiger partial charge in [-0.05, 0) is 20.8 Å². The van der Waals surface area contributed by atoms with Gasteiger partial charge in [-0.1, -0.05) is 19.6 Å². The number of carbonyl (C=O) groups is 1. The molecule has 0 aliphatic rings. The summed E-state index contributed by atoms with van der Waals surface area (Å²) >= 11 is 0. The second-order valence-corrected chi connectivity index (χ2v) is 13.4. The van der Waals surface area contributed by atoms with Crippen LogP contribution in [0.5, 0.6) is 0 Å². The SMILES string of the molecule is CCOC(=O)CC([Si](C)(C)C)P(=O)(OCC)OCC. The Morgan fingerprint density at radius 1 is 1.05 bits per heavy atom. The Kier molecular flexibility index (Phi) is 8.13. The largest absolute Gasteiger partial charge is 0.466 e. The van der Waals surface area contributed by atoms with Crippen molar-refractivity contribution < 1.29 is 23.1 Å². The fourth-order valence-electron chi connectivity index (χ4n) is 1.85. The van der Waals surface area contributed by atoms with Crippen LogP contribution in [0.3, 0.4) is 0 Å². The van der Waals surface area contributed by atoms with Gasteiger partial charge in [0.15, 0.2) is 0 Å². The van der Waals surface area contributed by atoms with Gasteiger partial charge in [0, 0.05) is 0 Å². The van der Waals surface area contributed by atoms with E-state index >= 15 is 0 Å². The van der Waals surface area contributed by atoms with Crippen molar-refractivity contribution in [2.24, 2.45) is 0 Å². The molecule has 0 aliphatic carbocycles. The molecule has 19 heavy (non-hydrogen) atoms.